The van der Waals surface area contributed by atoms with Gasteiger partial charge in [-0.05, 0) is 49.4 Å². The molecular formula is C85H166O17P2. The van der Waals surface area contributed by atoms with E-state index in [1.807, 2.05) is 0 Å². The highest BCUT2D eigenvalue weighted by Crippen LogP contribution is 2.45. The first-order valence-corrected chi connectivity index (χ1v) is 46.8. The number of aliphatic hydroxyl groups excluding tert-OH is 1. The molecule has 0 spiro atoms. The van der Waals surface area contributed by atoms with E-state index in [4.69, 9.17) is 37.0 Å². The van der Waals surface area contributed by atoms with Crippen molar-refractivity contribution in [3.8, 4) is 0 Å². The first kappa shape index (κ1) is 102. The minimum absolute atomic E-state index is 0.107. The highest BCUT2D eigenvalue weighted by Gasteiger charge is 2.30. The number of hydrogen-bond donors (Lipinski definition) is 3. The number of phosphoric acid groups is 2. The zero-order valence-electron chi connectivity index (χ0n) is 68.7. The van der Waals surface area contributed by atoms with Crippen LogP contribution in [0.3, 0.4) is 0 Å². The van der Waals surface area contributed by atoms with Gasteiger partial charge in [0.05, 0.1) is 26.4 Å². The van der Waals surface area contributed by atoms with E-state index in [0.717, 1.165) is 120 Å². The largest absolute Gasteiger partial charge is 0.472 e. The van der Waals surface area contributed by atoms with Crippen LogP contribution in [-0.2, 0) is 65.4 Å². The molecule has 19 heteroatoms. The van der Waals surface area contributed by atoms with Crippen LogP contribution in [0.2, 0.25) is 0 Å². The molecule has 0 aliphatic rings. The van der Waals surface area contributed by atoms with Crippen molar-refractivity contribution in [3.05, 3.63) is 0 Å². The van der Waals surface area contributed by atoms with Gasteiger partial charge >= 0.3 is 39.5 Å². The van der Waals surface area contributed by atoms with Crippen LogP contribution in [0.15, 0.2) is 0 Å². The summed E-state index contributed by atoms with van der Waals surface area (Å²) in [4.78, 5) is 73.2. The Hall–Kier alpha value is -1.94. The molecule has 0 radical (unpaired) electrons. The standard InChI is InChI=1S/C85H166O17P2/c1-9-77(7)63-55-47-39-33-27-21-17-13-11-12-14-18-22-28-35-41-51-59-68-85(90)102-81(72-96-83(88)66-58-50-44-43-48-56-64-78(8)10-2)74-100-104(93,94)98-70-79(86)69-97-103(91,92)99-73-80(71-95-82(87)65-57-49-40-34-30-24-26-32-38-46-54-62-76(5)6)101-84(89)67-60-52-42-36-29-23-19-15-16-20-25-31-37-45-53-61-75(3)4/h75-81,86H,9-74H2,1-8H3,(H,91,92)(H,93,94)/t77?,78?,79-,80-,81-/m1/s1. The van der Waals surface area contributed by atoms with E-state index in [2.05, 4.69) is 55.4 Å². The second-order valence-corrected chi connectivity index (χ2v) is 34.9. The smallest absolute Gasteiger partial charge is 0.462 e. The summed E-state index contributed by atoms with van der Waals surface area (Å²) in [6.45, 7) is 14.3. The van der Waals surface area contributed by atoms with Gasteiger partial charge in [0.1, 0.15) is 19.3 Å². The van der Waals surface area contributed by atoms with Gasteiger partial charge in [-0.2, -0.15) is 0 Å². The van der Waals surface area contributed by atoms with E-state index in [1.165, 1.54) is 238 Å². The third-order valence-electron chi connectivity index (χ3n) is 20.5. The maximum Gasteiger partial charge on any atom is 0.472 e. The average Bonchev–Trinajstić information content (AvgIpc) is 0.948. The van der Waals surface area contributed by atoms with Gasteiger partial charge in [-0.15, -0.1) is 0 Å². The monoisotopic (exact) mass is 1520 g/mol. The fraction of sp³-hybridized carbons (Fsp3) is 0.953. The summed E-state index contributed by atoms with van der Waals surface area (Å²) in [7, 11) is -9.93. The molecule has 0 aromatic heterocycles. The Morgan fingerprint density at radius 2 is 0.462 bits per heavy atom. The average molecular weight is 1520 g/mol. The number of aliphatic hydroxyl groups is 1. The normalized spacial score (nSPS) is 14.5. The number of carbonyl (C=O) groups is 4. The molecule has 0 bridgehead atoms. The van der Waals surface area contributed by atoms with E-state index in [9.17, 15) is 43.2 Å². The Morgan fingerprint density at radius 1 is 0.269 bits per heavy atom. The van der Waals surface area contributed by atoms with Gasteiger partial charge in [0.15, 0.2) is 12.2 Å². The summed E-state index contributed by atoms with van der Waals surface area (Å²) in [5.74, 6) is 1.07. The number of unbranched alkanes of at least 4 members (excludes halogenated alkanes) is 46. The van der Waals surface area contributed by atoms with Crippen LogP contribution >= 0.6 is 15.6 Å². The van der Waals surface area contributed by atoms with Crippen LogP contribution in [0.5, 0.6) is 0 Å². The molecule has 3 N–H and O–H groups in total. The Kier molecular flexibility index (Phi) is 72.5. The van der Waals surface area contributed by atoms with Gasteiger partial charge in [0, 0.05) is 25.7 Å². The second-order valence-electron chi connectivity index (χ2n) is 32.0. The van der Waals surface area contributed by atoms with Gasteiger partial charge in [-0.3, -0.25) is 37.3 Å². The fourth-order valence-electron chi connectivity index (χ4n) is 13.1. The van der Waals surface area contributed by atoms with E-state index in [1.54, 1.807) is 0 Å². The number of esters is 4. The first-order valence-electron chi connectivity index (χ1n) is 43.8. The van der Waals surface area contributed by atoms with Crippen molar-refractivity contribution >= 4 is 39.5 Å². The lowest BCUT2D eigenvalue weighted by molar-refractivity contribution is -0.161. The van der Waals surface area contributed by atoms with Gasteiger partial charge in [0.25, 0.3) is 0 Å². The Bertz CT molecular complexity index is 2030. The molecule has 0 saturated heterocycles. The van der Waals surface area contributed by atoms with Crippen LogP contribution in [0.25, 0.3) is 0 Å². The predicted octanol–water partition coefficient (Wildman–Crippen LogP) is 25.6. The summed E-state index contributed by atoms with van der Waals surface area (Å²) >= 11 is 0. The molecule has 0 aliphatic heterocycles. The van der Waals surface area contributed by atoms with E-state index in [0.29, 0.717) is 25.7 Å². The summed E-state index contributed by atoms with van der Waals surface area (Å²) < 4.78 is 68.8. The molecule has 0 aliphatic carbocycles. The summed E-state index contributed by atoms with van der Waals surface area (Å²) in [5, 5.41) is 10.7. The van der Waals surface area contributed by atoms with Gasteiger partial charge in [0.2, 0.25) is 0 Å². The van der Waals surface area contributed by atoms with Crippen molar-refractivity contribution in [2.24, 2.45) is 23.7 Å². The maximum absolute atomic E-state index is 13.1. The maximum atomic E-state index is 13.1. The third-order valence-corrected chi connectivity index (χ3v) is 22.4. The first-order chi connectivity index (χ1) is 50.2. The number of hydrogen-bond acceptors (Lipinski definition) is 15. The second kappa shape index (κ2) is 73.8. The Labute approximate surface area is 638 Å². The number of phosphoric ester groups is 2. The van der Waals surface area contributed by atoms with Crippen LogP contribution < -0.4 is 0 Å². The Balaban J connectivity index is 5.20. The van der Waals surface area contributed by atoms with Crippen LogP contribution in [0.4, 0.5) is 0 Å². The van der Waals surface area contributed by atoms with Crippen LogP contribution in [0.1, 0.15) is 441 Å². The molecule has 0 aromatic carbocycles. The Morgan fingerprint density at radius 3 is 0.683 bits per heavy atom. The highest BCUT2D eigenvalue weighted by molar-refractivity contribution is 7.47. The quantitative estimate of drug-likeness (QED) is 0.0222. The van der Waals surface area contributed by atoms with Crippen molar-refractivity contribution < 1.29 is 80.2 Å². The SMILES string of the molecule is CCC(C)CCCCCCCCCCCCCCCCCCCCC(=O)O[C@H](COC(=O)CCCCCCCCC(C)CC)COP(=O)(O)OC[C@H](O)COP(=O)(O)OC[C@@H](COC(=O)CCCCCCCCCCCCCC(C)C)OC(=O)CCCCCCCCCCCCCCCCCC(C)C. The van der Waals surface area contributed by atoms with Crippen LogP contribution in [0, 0.1) is 23.7 Å². The molecule has 0 heterocycles. The lowest BCUT2D eigenvalue weighted by Crippen LogP contribution is -2.30. The van der Waals surface area contributed by atoms with E-state index >= 15 is 0 Å². The molecule has 4 unspecified atom stereocenters. The summed E-state index contributed by atoms with van der Waals surface area (Å²) in [6.07, 6.45) is 62.5. The number of ether oxygens (including phenoxy) is 4. The minimum atomic E-state index is -4.96. The van der Waals surface area contributed by atoms with Crippen molar-refractivity contribution in [1.82, 2.24) is 0 Å². The number of rotatable bonds is 82. The summed E-state index contributed by atoms with van der Waals surface area (Å²) in [6, 6.07) is 0. The fourth-order valence-corrected chi connectivity index (χ4v) is 14.7. The molecule has 0 amide bonds. The minimum Gasteiger partial charge on any atom is -0.462 e. The van der Waals surface area contributed by atoms with Crippen molar-refractivity contribution in [2.45, 2.75) is 459 Å². The van der Waals surface area contributed by atoms with Crippen molar-refractivity contribution in [3.63, 3.8) is 0 Å². The lowest BCUT2D eigenvalue weighted by Gasteiger charge is -2.21. The van der Waals surface area contributed by atoms with E-state index < -0.39 is 97.5 Å². The van der Waals surface area contributed by atoms with E-state index in [-0.39, 0.29) is 25.7 Å². The topological polar surface area (TPSA) is 237 Å². The zero-order chi connectivity index (χ0) is 76.7. The highest BCUT2D eigenvalue weighted by atomic mass is 31.2. The molecule has 7 atom stereocenters. The lowest BCUT2D eigenvalue weighted by atomic mass is 9.99. The molecule has 618 valence electrons. The van der Waals surface area contributed by atoms with Gasteiger partial charge in [-0.25, -0.2) is 9.13 Å². The van der Waals surface area contributed by atoms with Gasteiger partial charge in [-0.1, -0.05) is 389 Å². The summed E-state index contributed by atoms with van der Waals surface area (Å²) in [5.41, 5.74) is 0. The van der Waals surface area contributed by atoms with Crippen molar-refractivity contribution in [1.29, 1.82) is 0 Å². The molecule has 104 heavy (non-hydrogen) atoms. The molecule has 0 rings (SSSR count). The van der Waals surface area contributed by atoms with Crippen molar-refractivity contribution in [2.75, 3.05) is 39.6 Å². The third kappa shape index (κ3) is 75.5. The predicted molar refractivity (Wildman–Crippen MR) is 428 cm³/mol. The van der Waals surface area contributed by atoms with Gasteiger partial charge < -0.3 is 33.8 Å². The molecule has 17 nitrogen and oxygen atoms in total. The molecule has 0 saturated carbocycles. The number of carbonyl (C=O) groups excluding carboxylic acids is 4. The zero-order valence-corrected chi connectivity index (χ0v) is 70.5. The molecule has 0 aromatic rings. The molecular weight excluding hydrogens is 1350 g/mol. The van der Waals surface area contributed by atoms with Crippen LogP contribution in [-0.4, -0.2) is 96.7 Å². The molecule has 0 fully saturated rings.